The predicted octanol–water partition coefficient (Wildman–Crippen LogP) is 2.38. The maximum Gasteiger partial charge on any atom is 0.254 e. The van der Waals surface area contributed by atoms with E-state index < -0.39 is 5.92 Å². The van der Waals surface area contributed by atoms with E-state index in [-0.39, 0.29) is 17.9 Å². The second-order valence-corrected chi connectivity index (χ2v) is 9.26. The predicted molar refractivity (Wildman–Crippen MR) is 131 cm³/mol. The molecule has 0 aliphatic carbocycles. The number of rotatable bonds is 7. The first-order valence-corrected chi connectivity index (χ1v) is 12.3. The molecular formula is C27H33N3O5. The van der Waals surface area contributed by atoms with Gasteiger partial charge < -0.3 is 24.4 Å². The van der Waals surface area contributed by atoms with Gasteiger partial charge >= 0.3 is 0 Å². The zero-order valence-corrected chi connectivity index (χ0v) is 20.4. The van der Waals surface area contributed by atoms with E-state index in [9.17, 15) is 9.59 Å². The van der Waals surface area contributed by atoms with Crippen LogP contribution in [0.1, 0.15) is 45.4 Å². The molecule has 0 spiro atoms. The van der Waals surface area contributed by atoms with E-state index in [1.54, 1.807) is 26.4 Å². The first-order chi connectivity index (χ1) is 17.1. The summed E-state index contributed by atoms with van der Waals surface area (Å²) in [6.07, 6.45) is 1.63. The van der Waals surface area contributed by atoms with Gasteiger partial charge in [0.2, 0.25) is 5.91 Å². The number of nitrogens with one attached hydrogen (secondary N) is 1. The average Bonchev–Trinajstić information content (AvgIpc) is 2.91. The molecule has 5 rings (SSSR count). The van der Waals surface area contributed by atoms with Gasteiger partial charge in [0, 0.05) is 31.7 Å². The zero-order valence-electron chi connectivity index (χ0n) is 20.4. The highest BCUT2D eigenvalue weighted by atomic mass is 16.5. The molecule has 0 aromatic heterocycles. The summed E-state index contributed by atoms with van der Waals surface area (Å²) in [4.78, 5) is 31.6. The van der Waals surface area contributed by atoms with Crippen LogP contribution in [0.4, 0.5) is 0 Å². The first-order valence-electron chi connectivity index (χ1n) is 12.3. The molecule has 8 heteroatoms. The van der Waals surface area contributed by atoms with E-state index in [1.807, 2.05) is 23.1 Å². The third-order valence-corrected chi connectivity index (χ3v) is 7.37. The molecule has 186 valence electrons. The lowest BCUT2D eigenvalue weighted by molar-refractivity contribution is -0.124. The van der Waals surface area contributed by atoms with Gasteiger partial charge in [-0.1, -0.05) is 24.3 Å². The van der Waals surface area contributed by atoms with E-state index in [0.717, 1.165) is 51.3 Å². The van der Waals surface area contributed by atoms with Crippen molar-refractivity contribution in [2.24, 2.45) is 0 Å². The van der Waals surface area contributed by atoms with E-state index in [2.05, 4.69) is 16.3 Å². The molecule has 2 aromatic carbocycles. The Balaban J connectivity index is 1.46. The fraction of sp³-hybridized carbons (Fsp3) is 0.481. The third kappa shape index (κ3) is 4.48. The molecule has 0 saturated carbocycles. The fourth-order valence-electron chi connectivity index (χ4n) is 5.58. The number of amides is 2. The van der Waals surface area contributed by atoms with Crippen LogP contribution in [0.2, 0.25) is 0 Å². The molecule has 0 radical (unpaired) electrons. The van der Waals surface area contributed by atoms with Gasteiger partial charge in [-0.05, 0) is 48.2 Å². The molecule has 8 nitrogen and oxygen atoms in total. The van der Waals surface area contributed by atoms with E-state index >= 15 is 0 Å². The van der Waals surface area contributed by atoms with E-state index in [1.165, 1.54) is 5.56 Å². The van der Waals surface area contributed by atoms with Crippen LogP contribution in [0.25, 0.3) is 0 Å². The maximum absolute atomic E-state index is 13.8. The first kappa shape index (κ1) is 23.6. The number of hydrogen-bond acceptors (Lipinski definition) is 6. The normalized spacial score (nSPS) is 21.5. The van der Waals surface area contributed by atoms with Crippen molar-refractivity contribution in [3.8, 4) is 11.5 Å². The number of fused-ring (bicyclic) bond motifs is 4. The molecule has 2 amide bonds. The maximum atomic E-state index is 13.8. The zero-order chi connectivity index (χ0) is 24.4. The van der Waals surface area contributed by atoms with Crippen LogP contribution in [0.3, 0.4) is 0 Å². The van der Waals surface area contributed by atoms with Crippen molar-refractivity contribution in [2.75, 3.05) is 60.2 Å². The molecule has 0 unspecified atom stereocenters. The smallest absolute Gasteiger partial charge is 0.254 e. The van der Waals surface area contributed by atoms with Crippen LogP contribution in [-0.2, 0) is 16.0 Å². The molecule has 1 fully saturated rings. The number of methoxy groups -OCH3 is 2. The van der Waals surface area contributed by atoms with Crippen molar-refractivity contribution < 1.29 is 23.8 Å². The number of carbonyl (C=O) groups is 2. The van der Waals surface area contributed by atoms with Gasteiger partial charge in [-0.2, -0.15) is 0 Å². The summed E-state index contributed by atoms with van der Waals surface area (Å²) in [7, 11) is 3.12. The number of nitrogens with zero attached hydrogens (tertiary/aromatic N) is 2. The minimum atomic E-state index is -0.535. The Morgan fingerprint density at radius 1 is 1.06 bits per heavy atom. The van der Waals surface area contributed by atoms with Gasteiger partial charge in [0.25, 0.3) is 5.91 Å². The lowest BCUT2D eigenvalue weighted by Gasteiger charge is -2.45. The second-order valence-electron chi connectivity index (χ2n) is 9.26. The molecule has 3 heterocycles. The van der Waals surface area contributed by atoms with Gasteiger partial charge in [0.15, 0.2) is 11.5 Å². The molecule has 1 N–H and O–H groups in total. The van der Waals surface area contributed by atoms with Crippen molar-refractivity contribution in [3.05, 3.63) is 58.7 Å². The second kappa shape index (κ2) is 10.3. The van der Waals surface area contributed by atoms with Crippen LogP contribution in [0.15, 0.2) is 36.4 Å². The van der Waals surface area contributed by atoms with Crippen molar-refractivity contribution in [3.63, 3.8) is 0 Å². The van der Waals surface area contributed by atoms with E-state index in [4.69, 9.17) is 14.2 Å². The Hall–Kier alpha value is -3.10. The number of carbonyl (C=O) groups excluding carboxylic acids is 2. The van der Waals surface area contributed by atoms with Gasteiger partial charge in [-0.15, -0.1) is 0 Å². The number of ether oxygens (including phenoxy) is 3. The lowest BCUT2D eigenvalue weighted by atomic mass is 9.75. The number of morpholine rings is 1. The van der Waals surface area contributed by atoms with Crippen LogP contribution in [-0.4, -0.2) is 81.8 Å². The topological polar surface area (TPSA) is 80.3 Å². The summed E-state index contributed by atoms with van der Waals surface area (Å²) in [6.45, 7) is 5.48. The van der Waals surface area contributed by atoms with Crippen LogP contribution in [0.5, 0.6) is 11.5 Å². The van der Waals surface area contributed by atoms with Gasteiger partial charge in [0.1, 0.15) is 0 Å². The largest absolute Gasteiger partial charge is 0.493 e. The highest BCUT2D eigenvalue weighted by molar-refractivity contribution is 6.02. The Morgan fingerprint density at radius 3 is 2.57 bits per heavy atom. The Kier molecular flexibility index (Phi) is 6.92. The molecule has 2 aromatic rings. The summed E-state index contributed by atoms with van der Waals surface area (Å²) in [5.41, 5.74) is 3.43. The monoisotopic (exact) mass is 479 g/mol. The molecule has 3 aliphatic rings. The lowest BCUT2D eigenvalue weighted by Crippen LogP contribution is -2.50. The summed E-state index contributed by atoms with van der Waals surface area (Å²) in [5.74, 6) is 0.325. The molecule has 2 atom stereocenters. The van der Waals surface area contributed by atoms with Crippen molar-refractivity contribution in [2.45, 2.75) is 24.8 Å². The SMILES string of the molecule is COc1cc2c(cc1OC)[C@@H](C(=O)NCCCN1CCOCC1)[C@H]1c3ccccc3CCN1C2=O. The minimum Gasteiger partial charge on any atom is -0.493 e. The summed E-state index contributed by atoms with van der Waals surface area (Å²) >= 11 is 0. The van der Waals surface area contributed by atoms with Gasteiger partial charge in [0.05, 0.1) is 39.4 Å². The molecule has 3 aliphatic heterocycles. The molecule has 35 heavy (non-hydrogen) atoms. The Morgan fingerprint density at radius 2 is 1.80 bits per heavy atom. The minimum absolute atomic E-state index is 0.0698. The molecule has 1 saturated heterocycles. The van der Waals surface area contributed by atoms with Gasteiger partial charge in [-0.3, -0.25) is 14.5 Å². The summed E-state index contributed by atoms with van der Waals surface area (Å²) in [5, 5.41) is 3.17. The summed E-state index contributed by atoms with van der Waals surface area (Å²) in [6, 6.07) is 11.3. The molecule has 0 bridgehead atoms. The quantitative estimate of drug-likeness (QED) is 0.615. The highest BCUT2D eigenvalue weighted by Gasteiger charge is 2.46. The van der Waals surface area contributed by atoms with Crippen LogP contribution < -0.4 is 14.8 Å². The number of hydrogen-bond donors (Lipinski definition) is 1. The van der Waals surface area contributed by atoms with Gasteiger partial charge in [-0.25, -0.2) is 0 Å². The Bertz CT molecular complexity index is 1100. The average molecular weight is 480 g/mol. The molecular weight excluding hydrogens is 446 g/mol. The Labute approximate surface area is 206 Å². The van der Waals surface area contributed by atoms with Crippen molar-refractivity contribution in [1.29, 1.82) is 0 Å². The van der Waals surface area contributed by atoms with Crippen molar-refractivity contribution in [1.82, 2.24) is 15.1 Å². The standard InChI is InChI=1S/C27H33N3O5/c1-33-22-16-20-21(17-23(22)34-2)27(32)30-11-8-18-6-3-4-7-19(18)25(30)24(20)26(31)28-9-5-10-29-12-14-35-15-13-29/h3-4,6-7,16-17,24-25H,5,8-15H2,1-2H3,(H,28,31)/t24-,25-/m1/s1. The highest BCUT2D eigenvalue weighted by Crippen LogP contribution is 2.48. The fourth-order valence-corrected chi connectivity index (χ4v) is 5.58. The number of benzene rings is 2. The van der Waals surface area contributed by atoms with Crippen LogP contribution in [0, 0.1) is 0 Å². The van der Waals surface area contributed by atoms with Crippen LogP contribution >= 0.6 is 0 Å². The third-order valence-electron chi connectivity index (χ3n) is 7.37. The van der Waals surface area contributed by atoms with E-state index in [0.29, 0.717) is 35.7 Å². The van der Waals surface area contributed by atoms with Crippen molar-refractivity contribution >= 4 is 11.8 Å². The summed E-state index contributed by atoms with van der Waals surface area (Å²) < 4.78 is 16.4.